The highest BCUT2D eigenvalue weighted by Crippen LogP contribution is 2.15. The number of nitrogens with one attached hydrogen (secondary N) is 1. The van der Waals surface area contributed by atoms with Crippen molar-refractivity contribution in [3.63, 3.8) is 0 Å². The molecule has 1 atom stereocenters. The van der Waals surface area contributed by atoms with Crippen molar-refractivity contribution in [3.05, 3.63) is 42.5 Å². The SMILES string of the molecule is C=CCC(CCCCCCC)NS(=O)(=O)c1ccc(C)cc1. The van der Waals surface area contributed by atoms with Gasteiger partial charge in [0.05, 0.1) is 4.90 Å². The van der Waals surface area contributed by atoms with Crippen molar-refractivity contribution < 1.29 is 8.42 Å². The Labute approximate surface area is 135 Å². The molecule has 0 aliphatic rings. The molecule has 0 saturated heterocycles. The highest BCUT2D eigenvalue weighted by molar-refractivity contribution is 7.89. The number of hydrogen-bond donors (Lipinski definition) is 1. The molecule has 0 radical (unpaired) electrons. The molecule has 0 aliphatic heterocycles. The molecule has 0 amide bonds. The van der Waals surface area contributed by atoms with Crippen molar-refractivity contribution in [2.75, 3.05) is 0 Å². The van der Waals surface area contributed by atoms with Crippen LogP contribution in [0.15, 0.2) is 41.8 Å². The van der Waals surface area contributed by atoms with Crippen LogP contribution in [0.3, 0.4) is 0 Å². The molecule has 1 rings (SSSR count). The van der Waals surface area contributed by atoms with Crippen LogP contribution >= 0.6 is 0 Å². The number of sulfonamides is 1. The van der Waals surface area contributed by atoms with Crippen LogP contribution in [0, 0.1) is 6.92 Å². The number of aryl methyl sites for hydroxylation is 1. The van der Waals surface area contributed by atoms with E-state index in [1.54, 1.807) is 18.2 Å². The molecule has 0 saturated carbocycles. The summed E-state index contributed by atoms with van der Waals surface area (Å²) < 4.78 is 27.7. The van der Waals surface area contributed by atoms with Crippen molar-refractivity contribution in [2.24, 2.45) is 0 Å². The molecule has 3 nitrogen and oxygen atoms in total. The highest BCUT2D eigenvalue weighted by Gasteiger charge is 2.18. The maximum Gasteiger partial charge on any atom is 0.240 e. The number of rotatable bonds is 11. The summed E-state index contributed by atoms with van der Waals surface area (Å²) in [5, 5.41) is 0. The minimum absolute atomic E-state index is 0.0644. The molecule has 124 valence electrons. The zero-order valence-corrected chi connectivity index (χ0v) is 14.7. The van der Waals surface area contributed by atoms with Crippen molar-refractivity contribution in [2.45, 2.75) is 69.7 Å². The van der Waals surface area contributed by atoms with Crippen molar-refractivity contribution >= 4 is 10.0 Å². The molecule has 1 aromatic carbocycles. The Morgan fingerprint density at radius 2 is 1.77 bits per heavy atom. The standard InChI is InChI=1S/C18H29NO2S/c1-4-6-7-8-9-11-17(10-5-2)19-22(20,21)18-14-12-16(3)13-15-18/h5,12-15,17,19H,2,4,6-11H2,1,3H3. The second-order valence-electron chi connectivity index (χ2n) is 5.86. The summed E-state index contributed by atoms with van der Waals surface area (Å²) >= 11 is 0. The van der Waals surface area contributed by atoms with Crippen LogP contribution in [0.1, 0.15) is 57.4 Å². The lowest BCUT2D eigenvalue weighted by Crippen LogP contribution is -2.34. The maximum atomic E-state index is 12.4. The largest absolute Gasteiger partial charge is 0.240 e. The third-order valence-corrected chi connectivity index (χ3v) is 5.30. The minimum Gasteiger partial charge on any atom is -0.208 e. The summed E-state index contributed by atoms with van der Waals surface area (Å²) in [6, 6.07) is 6.89. The van der Waals surface area contributed by atoms with Gasteiger partial charge in [-0.15, -0.1) is 6.58 Å². The Morgan fingerprint density at radius 3 is 2.36 bits per heavy atom. The van der Waals surface area contributed by atoms with E-state index in [0.29, 0.717) is 11.3 Å². The monoisotopic (exact) mass is 323 g/mol. The third kappa shape index (κ3) is 6.75. The molecule has 0 spiro atoms. The minimum atomic E-state index is -3.44. The van der Waals surface area contributed by atoms with Gasteiger partial charge in [-0.2, -0.15) is 0 Å². The number of benzene rings is 1. The average molecular weight is 324 g/mol. The summed E-state index contributed by atoms with van der Waals surface area (Å²) in [5.74, 6) is 0. The highest BCUT2D eigenvalue weighted by atomic mass is 32.2. The molecular formula is C18H29NO2S. The quantitative estimate of drug-likeness (QED) is 0.478. The second-order valence-corrected chi connectivity index (χ2v) is 7.57. The first-order valence-electron chi connectivity index (χ1n) is 8.19. The van der Waals surface area contributed by atoms with Gasteiger partial charge in [0, 0.05) is 6.04 Å². The van der Waals surface area contributed by atoms with Gasteiger partial charge in [-0.05, 0) is 31.9 Å². The molecule has 0 bridgehead atoms. The zero-order chi connectivity index (χ0) is 16.4. The zero-order valence-electron chi connectivity index (χ0n) is 13.8. The van der Waals surface area contributed by atoms with E-state index in [2.05, 4.69) is 18.2 Å². The van der Waals surface area contributed by atoms with Gasteiger partial charge < -0.3 is 0 Å². The van der Waals surface area contributed by atoms with E-state index in [9.17, 15) is 8.42 Å². The Bertz CT molecular complexity index is 535. The Morgan fingerprint density at radius 1 is 1.14 bits per heavy atom. The van der Waals surface area contributed by atoms with Crippen LogP contribution in [0.5, 0.6) is 0 Å². The molecule has 0 heterocycles. The molecule has 1 aromatic rings. The molecule has 0 aliphatic carbocycles. The Hall–Kier alpha value is -1.13. The fraction of sp³-hybridized carbons (Fsp3) is 0.556. The van der Waals surface area contributed by atoms with Gasteiger partial charge in [0.1, 0.15) is 0 Å². The lowest BCUT2D eigenvalue weighted by molar-refractivity contribution is 0.499. The first-order valence-corrected chi connectivity index (χ1v) is 9.67. The van der Waals surface area contributed by atoms with Crippen LogP contribution in [-0.2, 0) is 10.0 Å². The molecule has 4 heteroatoms. The lowest BCUT2D eigenvalue weighted by Gasteiger charge is -2.17. The summed E-state index contributed by atoms with van der Waals surface area (Å²) in [6.07, 6.45) is 9.22. The molecule has 0 aromatic heterocycles. The predicted octanol–water partition coefficient (Wildman–Crippen LogP) is 4.58. The second kappa shape index (κ2) is 9.80. The summed E-state index contributed by atoms with van der Waals surface area (Å²) in [6.45, 7) is 7.87. The smallest absolute Gasteiger partial charge is 0.208 e. The summed E-state index contributed by atoms with van der Waals surface area (Å²) in [7, 11) is -3.44. The fourth-order valence-electron chi connectivity index (χ4n) is 2.43. The van der Waals surface area contributed by atoms with Crippen LogP contribution in [0.25, 0.3) is 0 Å². The van der Waals surface area contributed by atoms with Gasteiger partial charge in [0.2, 0.25) is 10.0 Å². The van der Waals surface area contributed by atoms with Crippen LogP contribution in [0.2, 0.25) is 0 Å². The van der Waals surface area contributed by atoms with E-state index in [0.717, 1.165) is 24.8 Å². The van der Waals surface area contributed by atoms with Gasteiger partial charge >= 0.3 is 0 Å². The molecule has 1 unspecified atom stereocenters. The number of unbranched alkanes of at least 4 members (excludes halogenated alkanes) is 4. The van der Waals surface area contributed by atoms with Gasteiger partial charge in [0.25, 0.3) is 0 Å². The normalized spacial score (nSPS) is 13.0. The molecule has 22 heavy (non-hydrogen) atoms. The summed E-state index contributed by atoms with van der Waals surface area (Å²) in [5.41, 5.74) is 1.05. The number of hydrogen-bond acceptors (Lipinski definition) is 2. The van der Waals surface area contributed by atoms with Crippen LogP contribution in [-0.4, -0.2) is 14.5 Å². The Kier molecular flexibility index (Phi) is 8.43. The Balaban J connectivity index is 2.60. The first-order chi connectivity index (χ1) is 10.5. The van der Waals surface area contributed by atoms with Crippen molar-refractivity contribution in [3.8, 4) is 0 Å². The summed E-state index contributed by atoms with van der Waals surface area (Å²) in [4.78, 5) is 0.332. The maximum absolute atomic E-state index is 12.4. The predicted molar refractivity (Wildman–Crippen MR) is 93.5 cm³/mol. The lowest BCUT2D eigenvalue weighted by atomic mass is 10.1. The fourth-order valence-corrected chi connectivity index (χ4v) is 3.71. The van der Waals surface area contributed by atoms with Gasteiger partial charge in [-0.3, -0.25) is 0 Å². The topological polar surface area (TPSA) is 46.2 Å². The van der Waals surface area contributed by atoms with Gasteiger partial charge in [-0.25, -0.2) is 13.1 Å². The van der Waals surface area contributed by atoms with Crippen LogP contribution < -0.4 is 4.72 Å². The van der Waals surface area contributed by atoms with Gasteiger partial charge in [0.15, 0.2) is 0 Å². The van der Waals surface area contributed by atoms with E-state index >= 15 is 0 Å². The van der Waals surface area contributed by atoms with E-state index in [4.69, 9.17) is 0 Å². The van der Waals surface area contributed by atoms with E-state index < -0.39 is 10.0 Å². The molecular weight excluding hydrogens is 294 g/mol. The average Bonchev–Trinajstić information content (AvgIpc) is 2.47. The van der Waals surface area contributed by atoms with Crippen molar-refractivity contribution in [1.82, 2.24) is 4.72 Å². The van der Waals surface area contributed by atoms with E-state index in [1.807, 2.05) is 19.1 Å². The van der Waals surface area contributed by atoms with Crippen LogP contribution in [0.4, 0.5) is 0 Å². The van der Waals surface area contributed by atoms with Gasteiger partial charge in [-0.1, -0.05) is 62.8 Å². The molecule has 1 N–H and O–H groups in total. The third-order valence-electron chi connectivity index (χ3n) is 3.76. The molecule has 0 fully saturated rings. The van der Waals surface area contributed by atoms with E-state index in [1.165, 1.54) is 19.3 Å². The first kappa shape index (κ1) is 18.9. The van der Waals surface area contributed by atoms with Crippen molar-refractivity contribution in [1.29, 1.82) is 0 Å². The van der Waals surface area contributed by atoms with E-state index in [-0.39, 0.29) is 6.04 Å².